The second-order valence-electron chi connectivity index (χ2n) is 5.90. The largest absolute Gasteiger partial charge is 0.354 e. The van der Waals surface area contributed by atoms with Crippen molar-refractivity contribution in [3.8, 4) is 0 Å². The summed E-state index contributed by atoms with van der Waals surface area (Å²) in [7, 11) is -1.97. The highest BCUT2D eigenvalue weighted by molar-refractivity contribution is 7.90. The van der Waals surface area contributed by atoms with Crippen molar-refractivity contribution in [2.45, 2.75) is 11.7 Å². The molecule has 2 atom stereocenters. The Morgan fingerprint density at radius 2 is 2.04 bits per heavy atom. The van der Waals surface area contributed by atoms with Crippen molar-refractivity contribution in [2.75, 3.05) is 12.4 Å². The Hall–Kier alpha value is -2.45. The number of carbonyl (C=O) groups is 1. The Morgan fingerprint density at radius 1 is 1.25 bits per heavy atom. The molecule has 2 unspecified atom stereocenters. The number of nitrogens with zero attached hydrogens (tertiary/aromatic N) is 1. The lowest BCUT2D eigenvalue weighted by Crippen LogP contribution is -2.26. The highest BCUT2D eigenvalue weighted by atomic mass is 32.2. The molecule has 0 bridgehead atoms. The van der Waals surface area contributed by atoms with Crippen LogP contribution >= 0.6 is 0 Å². The number of anilines is 1. The molecule has 8 heteroatoms. The Labute approximate surface area is 139 Å². The summed E-state index contributed by atoms with van der Waals surface area (Å²) in [4.78, 5) is 12.2. The number of fused-ring (bicyclic) bond motifs is 1. The minimum Gasteiger partial charge on any atom is -0.354 e. The van der Waals surface area contributed by atoms with Gasteiger partial charge in [0.15, 0.2) is 0 Å². The van der Waals surface area contributed by atoms with Crippen LogP contribution in [0.15, 0.2) is 46.7 Å². The monoisotopic (exact) mass is 344 g/mol. The number of hydrazone groups is 1. The second kappa shape index (κ2) is 5.29. The summed E-state index contributed by atoms with van der Waals surface area (Å²) in [5.41, 5.74) is 5.94. The van der Waals surface area contributed by atoms with Crippen LogP contribution in [0.1, 0.15) is 12.0 Å². The van der Waals surface area contributed by atoms with E-state index in [1.807, 2.05) is 36.4 Å². The molecule has 1 amide bonds. The minimum atomic E-state index is -3.36. The third kappa shape index (κ3) is 2.35. The number of benzene rings is 1. The van der Waals surface area contributed by atoms with Crippen molar-refractivity contribution in [2.24, 2.45) is 11.0 Å². The van der Waals surface area contributed by atoms with Crippen molar-refractivity contribution in [3.05, 3.63) is 47.2 Å². The molecule has 1 aromatic rings. The van der Waals surface area contributed by atoms with E-state index in [0.29, 0.717) is 23.4 Å². The molecular weight excluding hydrogens is 328 g/mol. The lowest BCUT2D eigenvalue weighted by molar-refractivity contribution is -0.116. The van der Waals surface area contributed by atoms with E-state index in [1.165, 1.54) is 7.05 Å². The van der Waals surface area contributed by atoms with Crippen LogP contribution in [0.5, 0.6) is 0 Å². The van der Waals surface area contributed by atoms with Gasteiger partial charge >= 0.3 is 0 Å². The molecule has 4 rings (SSSR count). The third-order valence-electron chi connectivity index (χ3n) is 4.46. The minimum absolute atomic E-state index is 0.267. The van der Waals surface area contributed by atoms with Gasteiger partial charge in [-0.25, -0.2) is 18.6 Å². The van der Waals surface area contributed by atoms with E-state index in [4.69, 9.17) is 0 Å². The molecule has 1 fully saturated rings. The van der Waals surface area contributed by atoms with Crippen molar-refractivity contribution in [1.29, 1.82) is 0 Å². The summed E-state index contributed by atoms with van der Waals surface area (Å²) in [6, 6.07) is 7.75. The lowest BCUT2D eigenvalue weighted by Gasteiger charge is -2.17. The van der Waals surface area contributed by atoms with Crippen LogP contribution in [-0.4, -0.2) is 32.3 Å². The Bertz CT molecular complexity index is 930. The van der Waals surface area contributed by atoms with Gasteiger partial charge in [-0.3, -0.25) is 4.79 Å². The van der Waals surface area contributed by atoms with Crippen molar-refractivity contribution >= 4 is 33.4 Å². The summed E-state index contributed by atoms with van der Waals surface area (Å²) in [6.07, 6.45) is 4.21. The zero-order valence-electron chi connectivity index (χ0n) is 12.9. The van der Waals surface area contributed by atoms with E-state index < -0.39 is 15.3 Å². The fraction of sp³-hybridized carbons (Fsp3) is 0.250. The Kier molecular flexibility index (Phi) is 3.33. The van der Waals surface area contributed by atoms with Crippen LogP contribution in [-0.2, 0) is 14.8 Å². The Morgan fingerprint density at radius 3 is 2.83 bits per heavy atom. The predicted octanol–water partition coefficient (Wildman–Crippen LogP) is 0.803. The van der Waals surface area contributed by atoms with Gasteiger partial charge in [0.25, 0.3) is 5.91 Å². The summed E-state index contributed by atoms with van der Waals surface area (Å²) >= 11 is 0. The number of allylic oxidation sites excluding steroid dienone is 1. The summed E-state index contributed by atoms with van der Waals surface area (Å²) < 4.78 is 26.2. The van der Waals surface area contributed by atoms with E-state index in [-0.39, 0.29) is 11.8 Å². The first-order chi connectivity index (χ1) is 11.5. The standard InChI is InChI=1S/C16H16N4O3S/c1-17-24(22,23)13-8-10(13)15-14(16(21)20-19-15)12-7-6-9-4-2-3-5-11(9)18-12/h2-7,10,13,17-18H,8H2,1H3,(H,20,21)/b14-12-. The first-order valence-electron chi connectivity index (χ1n) is 7.60. The number of nitrogens with one attached hydrogen (secondary N) is 3. The zero-order valence-corrected chi connectivity index (χ0v) is 13.7. The quantitative estimate of drug-likeness (QED) is 0.706. The molecule has 0 saturated heterocycles. The van der Waals surface area contributed by atoms with Crippen LogP contribution < -0.4 is 15.5 Å². The molecule has 2 aliphatic heterocycles. The maximum atomic E-state index is 12.2. The topological polar surface area (TPSA) is 99.7 Å². The van der Waals surface area contributed by atoms with Crippen LogP contribution in [0.4, 0.5) is 5.69 Å². The van der Waals surface area contributed by atoms with E-state index >= 15 is 0 Å². The SMILES string of the molecule is CNS(=O)(=O)C1CC1C1=NNC(=O)/C1=C1/C=Cc2ccccc2N1. The molecule has 0 spiro atoms. The molecule has 1 saturated carbocycles. The fourth-order valence-corrected chi connectivity index (χ4v) is 4.41. The number of para-hydroxylation sites is 1. The highest BCUT2D eigenvalue weighted by Crippen LogP contribution is 2.41. The molecule has 1 aromatic carbocycles. The number of sulfonamides is 1. The molecular formula is C16H16N4O3S. The third-order valence-corrected chi connectivity index (χ3v) is 6.34. The van der Waals surface area contributed by atoms with Gasteiger partial charge in [0, 0.05) is 11.6 Å². The van der Waals surface area contributed by atoms with Gasteiger partial charge in [-0.05, 0) is 31.2 Å². The van der Waals surface area contributed by atoms with E-state index in [0.717, 1.165) is 11.3 Å². The van der Waals surface area contributed by atoms with Gasteiger partial charge in [-0.15, -0.1) is 0 Å². The van der Waals surface area contributed by atoms with E-state index in [2.05, 4.69) is 20.6 Å². The average Bonchev–Trinajstić information content (AvgIpc) is 3.31. The molecule has 124 valence electrons. The smallest absolute Gasteiger partial charge is 0.275 e. The molecule has 7 nitrogen and oxygen atoms in total. The summed E-state index contributed by atoms with van der Waals surface area (Å²) in [6.45, 7) is 0. The molecule has 3 aliphatic rings. The van der Waals surface area contributed by atoms with Crippen molar-refractivity contribution < 1.29 is 13.2 Å². The van der Waals surface area contributed by atoms with Crippen LogP contribution in [0.2, 0.25) is 0 Å². The zero-order chi connectivity index (χ0) is 16.9. The van der Waals surface area contributed by atoms with Crippen molar-refractivity contribution in [1.82, 2.24) is 10.1 Å². The molecule has 1 aliphatic carbocycles. The van der Waals surface area contributed by atoms with Gasteiger partial charge in [-0.2, -0.15) is 5.10 Å². The predicted molar refractivity (Wildman–Crippen MR) is 91.6 cm³/mol. The number of hydrogen-bond donors (Lipinski definition) is 3. The number of carbonyl (C=O) groups excluding carboxylic acids is 1. The van der Waals surface area contributed by atoms with Gasteiger partial charge in [0.2, 0.25) is 10.0 Å². The molecule has 3 N–H and O–H groups in total. The van der Waals surface area contributed by atoms with E-state index in [9.17, 15) is 13.2 Å². The average molecular weight is 344 g/mol. The first-order valence-corrected chi connectivity index (χ1v) is 9.15. The van der Waals surface area contributed by atoms with Crippen LogP contribution in [0.25, 0.3) is 6.08 Å². The van der Waals surface area contributed by atoms with Crippen molar-refractivity contribution in [3.63, 3.8) is 0 Å². The normalized spacial score (nSPS) is 28.0. The number of amides is 1. The molecule has 0 radical (unpaired) electrons. The second-order valence-corrected chi connectivity index (χ2v) is 8.01. The van der Waals surface area contributed by atoms with Gasteiger partial charge < -0.3 is 5.32 Å². The van der Waals surface area contributed by atoms with Crippen LogP contribution in [0.3, 0.4) is 0 Å². The fourth-order valence-electron chi connectivity index (χ4n) is 3.08. The maximum absolute atomic E-state index is 12.2. The van der Waals surface area contributed by atoms with Gasteiger partial charge in [0.1, 0.15) is 0 Å². The number of hydrogen-bond acceptors (Lipinski definition) is 5. The van der Waals surface area contributed by atoms with E-state index in [1.54, 1.807) is 0 Å². The number of rotatable bonds is 3. The Balaban J connectivity index is 1.68. The summed E-state index contributed by atoms with van der Waals surface area (Å²) in [5, 5.41) is 6.78. The van der Waals surface area contributed by atoms with Crippen LogP contribution in [0, 0.1) is 5.92 Å². The summed E-state index contributed by atoms with van der Waals surface area (Å²) in [5.74, 6) is -0.583. The van der Waals surface area contributed by atoms with Gasteiger partial charge in [-0.1, -0.05) is 24.3 Å². The molecule has 24 heavy (non-hydrogen) atoms. The van der Waals surface area contributed by atoms with Gasteiger partial charge in [0.05, 0.1) is 22.2 Å². The molecule has 0 aromatic heterocycles. The molecule has 2 heterocycles. The maximum Gasteiger partial charge on any atom is 0.275 e. The first kappa shape index (κ1) is 15.1. The highest BCUT2D eigenvalue weighted by Gasteiger charge is 2.52. The lowest BCUT2D eigenvalue weighted by atomic mass is 10.0.